The number of fused-ring (bicyclic) bond motifs is 1. The maximum Gasteiger partial charge on any atom is 0.410 e. The molecule has 0 saturated carbocycles. The summed E-state index contributed by atoms with van der Waals surface area (Å²) in [6, 6.07) is 2.05. The maximum absolute atomic E-state index is 12.9. The number of piperidine rings is 1. The van der Waals surface area contributed by atoms with E-state index in [-0.39, 0.29) is 22.3 Å². The lowest BCUT2D eigenvalue weighted by Crippen LogP contribution is -2.51. The third-order valence-corrected chi connectivity index (χ3v) is 7.16. The fraction of sp³-hybridized carbons (Fsp3) is 0.714. The van der Waals surface area contributed by atoms with Crippen molar-refractivity contribution in [3.63, 3.8) is 0 Å². The lowest BCUT2D eigenvalue weighted by Gasteiger charge is -2.43. The van der Waals surface area contributed by atoms with Crippen LogP contribution in [0, 0.1) is 5.41 Å². The first-order valence-corrected chi connectivity index (χ1v) is 11.2. The van der Waals surface area contributed by atoms with Crippen molar-refractivity contribution in [1.29, 1.82) is 0 Å². The van der Waals surface area contributed by atoms with Crippen LogP contribution in [-0.2, 0) is 22.5 Å². The molecular formula is C21H33N3O3S. The summed E-state index contributed by atoms with van der Waals surface area (Å²) in [4.78, 5) is 18.5. The van der Waals surface area contributed by atoms with Crippen LogP contribution in [0.3, 0.4) is 0 Å². The lowest BCUT2D eigenvalue weighted by molar-refractivity contribution is 0.00716. The van der Waals surface area contributed by atoms with Gasteiger partial charge in [0.1, 0.15) is 10.3 Å². The van der Waals surface area contributed by atoms with Gasteiger partial charge in [0.15, 0.2) is 0 Å². The van der Waals surface area contributed by atoms with Gasteiger partial charge in [0, 0.05) is 42.3 Å². The molecule has 1 fully saturated rings. The quantitative estimate of drug-likeness (QED) is 0.756. The molecule has 28 heavy (non-hydrogen) atoms. The highest BCUT2D eigenvalue weighted by atomic mass is 32.2. The van der Waals surface area contributed by atoms with Gasteiger partial charge in [0.2, 0.25) is 0 Å². The van der Waals surface area contributed by atoms with Crippen LogP contribution in [0.2, 0.25) is 0 Å². The minimum absolute atomic E-state index is 0.00587. The molecule has 2 aliphatic rings. The van der Waals surface area contributed by atoms with E-state index >= 15 is 0 Å². The number of nitrogens with one attached hydrogen (secondary N) is 1. The molecule has 1 aliphatic carbocycles. The first-order valence-electron chi connectivity index (χ1n) is 10.0. The van der Waals surface area contributed by atoms with E-state index in [0.29, 0.717) is 13.1 Å². The van der Waals surface area contributed by atoms with Crippen molar-refractivity contribution in [3.8, 4) is 0 Å². The van der Waals surface area contributed by atoms with Crippen LogP contribution in [0.15, 0.2) is 18.5 Å². The number of aromatic nitrogens is 1. The standard InChI is InChI=1S/C21H33N3O3S/c1-19(2,3)27-18(25)24-11-8-21(9-12-24)13-15-14-22-10-7-16(15)17(21)23-28(26)20(4,5)6/h7,10,14,17,23H,8-9,11-13H2,1-6H3. The average molecular weight is 408 g/mol. The first-order chi connectivity index (χ1) is 12.9. The zero-order valence-electron chi connectivity index (χ0n) is 17.9. The Bertz CT molecular complexity index is 718. The molecule has 2 heterocycles. The number of pyridine rings is 1. The van der Waals surface area contributed by atoms with Crippen molar-refractivity contribution in [3.05, 3.63) is 29.6 Å². The van der Waals surface area contributed by atoms with Crippen molar-refractivity contribution >= 4 is 17.5 Å². The molecule has 3 rings (SSSR count). The van der Waals surface area contributed by atoms with Gasteiger partial charge >= 0.3 is 6.09 Å². The van der Waals surface area contributed by atoms with Crippen LogP contribution in [0.25, 0.3) is 0 Å². The van der Waals surface area contributed by atoms with Crippen LogP contribution in [0.5, 0.6) is 0 Å². The lowest BCUT2D eigenvalue weighted by atomic mass is 9.73. The van der Waals surface area contributed by atoms with Crippen molar-refractivity contribution in [2.45, 2.75) is 77.2 Å². The predicted molar refractivity (Wildman–Crippen MR) is 111 cm³/mol. The summed E-state index contributed by atoms with van der Waals surface area (Å²) < 4.78 is 21.5. The molecule has 1 aromatic heterocycles. The largest absolute Gasteiger partial charge is 0.598 e. The van der Waals surface area contributed by atoms with Gasteiger partial charge in [0.05, 0.1) is 6.04 Å². The zero-order chi connectivity index (χ0) is 20.7. The number of carbonyl (C=O) groups excluding carboxylic acids is 1. The van der Waals surface area contributed by atoms with Gasteiger partial charge in [0.25, 0.3) is 0 Å². The third kappa shape index (κ3) is 4.47. The molecule has 1 amide bonds. The molecule has 6 nitrogen and oxygen atoms in total. The summed E-state index contributed by atoms with van der Waals surface area (Å²) in [5, 5.41) is 0. The highest BCUT2D eigenvalue weighted by molar-refractivity contribution is 7.90. The van der Waals surface area contributed by atoms with Gasteiger partial charge in [-0.15, -0.1) is 4.72 Å². The fourth-order valence-electron chi connectivity index (χ4n) is 4.08. The molecule has 156 valence electrons. The van der Waals surface area contributed by atoms with E-state index < -0.39 is 17.0 Å². The molecule has 0 radical (unpaired) electrons. The second kappa shape index (κ2) is 7.50. The number of hydrogen-bond acceptors (Lipinski definition) is 5. The van der Waals surface area contributed by atoms with Crippen molar-refractivity contribution in [1.82, 2.24) is 14.6 Å². The normalized spacial score (nSPS) is 22.8. The van der Waals surface area contributed by atoms with E-state index in [4.69, 9.17) is 4.74 Å². The van der Waals surface area contributed by atoms with E-state index in [0.717, 1.165) is 19.3 Å². The average Bonchev–Trinajstić information content (AvgIpc) is 2.86. The first kappa shape index (κ1) is 21.4. The summed E-state index contributed by atoms with van der Waals surface area (Å²) in [6.07, 6.45) is 6.08. The van der Waals surface area contributed by atoms with Crippen LogP contribution < -0.4 is 4.72 Å². The summed E-state index contributed by atoms with van der Waals surface area (Å²) in [5.74, 6) is 0. The second-order valence-corrected chi connectivity index (χ2v) is 12.0. The van der Waals surface area contributed by atoms with E-state index in [2.05, 4.69) is 9.71 Å². The molecule has 1 aliphatic heterocycles. The van der Waals surface area contributed by atoms with Gasteiger partial charge in [-0.2, -0.15) is 0 Å². The smallest absolute Gasteiger partial charge is 0.410 e. The van der Waals surface area contributed by atoms with Crippen LogP contribution in [0.1, 0.15) is 71.6 Å². The Morgan fingerprint density at radius 1 is 1.29 bits per heavy atom. The molecule has 2 unspecified atom stereocenters. The molecule has 7 heteroatoms. The highest BCUT2D eigenvalue weighted by Crippen LogP contribution is 2.52. The van der Waals surface area contributed by atoms with E-state index in [1.165, 1.54) is 11.1 Å². The molecule has 0 bridgehead atoms. The Morgan fingerprint density at radius 2 is 1.93 bits per heavy atom. The Kier molecular flexibility index (Phi) is 5.73. The number of likely N-dealkylation sites (tertiary alicyclic amines) is 1. The van der Waals surface area contributed by atoms with E-state index in [9.17, 15) is 9.35 Å². The maximum atomic E-state index is 12.9. The molecule has 1 saturated heterocycles. The van der Waals surface area contributed by atoms with Crippen LogP contribution >= 0.6 is 0 Å². The van der Waals surface area contributed by atoms with E-state index in [1.807, 2.05) is 60.0 Å². The van der Waals surface area contributed by atoms with Gasteiger partial charge in [-0.1, -0.05) is 0 Å². The molecular weight excluding hydrogens is 374 g/mol. The number of carbonyl (C=O) groups is 1. The summed E-state index contributed by atoms with van der Waals surface area (Å²) in [7, 11) is 0. The Labute approximate surface area is 171 Å². The van der Waals surface area contributed by atoms with Crippen molar-refractivity contribution < 1.29 is 14.1 Å². The Morgan fingerprint density at radius 3 is 2.50 bits per heavy atom. The SMILES string of the molecule is CC(C)(C)OC(=O)N1CCC2(CC1)Cc1cnccc1C2N[S+]([O-])C(C)(C)C. The molecule has 1 N–H and O–H groups in total. The minimum atomic E-state index is -1.17. The van der Waals surface area contributed by atoms with Crippen molar-refractivity contribution in [2.75, 3.05) is 13.1 Å². The Hall–Kier alpha value is -1.31. The summed E-state index contributed by atoms with van der Waals surface area (Å²) >= 11 is -1.17. The van der Waals surface area contributed by atoms with Gasteiger partial charge in [-0.3, -0.25) is 4.98 Å². The number of amides is 1. The van der Waals surface area contributed by atoms with Gasteiger partial charge in [-0.25, -0.2) is 4.79 Å². The minimum Gasteiger partial charge on any atom is -0.598 e. The van der Waals surface area contributed by atoms with Crippen LogP contribution in [0.4, 0.5) is 4.79 Å². The highest BCUT2D eigenvalue weighted by Gasteiger charge is 2.51. The third-order valence-electron chi connectivity index (χ3n) is 5.60. The Balaban J connectivity index is 1.78. The number of ether oxygens (including phenoxy) is 1. The zero-order valence-corrected chi connectivity index (χ0v) is 18.7. The van der Waals surface area contributed by atoms with Gasteiger partial charge < -0.3 is 14.2 Å². The molecule has 1 spiro atoms. The number of hydrogen-bond donors (Lipinski definition) is 1. The van der Waals surface area contributed by atoms with Crippen molar-refractivity contribution in [2.24, 2.45) is 5.41 Å². The summed E-state index contributed by atoms with van der Waals surface area (Å²) in [6.45, 7) is 12.9. The molecule has 2 atom stereocenters. The van der Waals surface area contributed by atoms with E-state index in [1.54, 1.807) is 4.90 Å². The second-order valence-electron chi connectivity index (χ2n) is 10.0. The molecule has 1 aromatic rings. The number of nitrogens with zero attached hydrogens (tertiary/aromatic N) is 2. The van der Waals surface area contributed by atoms with Gasteiger partial charge in [-0.05, 0) is 78.0 Å². The number of rotatable bonds is 2. The molecule has 0 aromatic carbocycles. The predicted octanol–water partition coefficient (Wildman–Crippen LogP) is 3.75. The fourth-order valence-corrected chi connectivity index (χ4v) is 5.02. The topological polar surface area (TPSA) is 77.5 Å². The summed E-state index contributed by atoms with van der Waals surface area (Å²) in [5.41, 5.74) is 1.87. The van der Waals surface area contributed by atoms with Crippen LogP contribution in [-0.4, -0.2) is 44.0 Å². The monoisotopic (exact) mass is 407 g/mol.